The quantitative estimate of drug-likeness (QED) is 0.596. The zero-order valence-corrected chi connectivity index (χ0v) is 18.5. The summed E-state index contributed by atoms with van der Waals surface area (Å²) in [6.07, 6.45) is 0.125. The Bertz CT molecular complexity index is 1190. The maximum Gasteiger partial charge on any atom is 0.257 e. The van der Waals surface area contributed by atoms with Crippen LogP contribution < -0.4 is 20.3 Å². The second kappa shape index (κ2) is 9.56. The van der Waals surface area contributed by atoms with Gasteiger partial charge >= 0.3 is 0 Å². The normalized spacial score (nSPS) is 15.3. The highest BCUT2D eigenvalue weighted by Crippen LogP contribution is 2.29. The van der Waals surface area contributed by atoms with Crippen molar-refractivity contribution in [2.75, 3.05) is 29.2 Å². The molecule has 0 spiro atoms. The Balaban J connectivity index is 1.46. The van der Waals surface area contributed by atoms with E-state index in [1.54, 1.807) is 60.5 Å². The Kier molecular flexibility index (Phi) is 6.40. The highest BCUT2D eigenvalue weighted by Gasteiger charge is 2.36. The fourth-order valence-corrected chi connectivity index (χ4v) is 3.88. The summed E-state index contributed by atoms with van der Waals surface area (Å²) in [6.45, 7) is 2.24. The number of aryl methyl sites for hydroxylation is 1. The number of ether oxygens (including phenoxy) is 1. The standard InChI is InChI=1S/C26H25N3O4/c1-17-7-3-6-10-23(17)29-16-18(15-24(29)30)25(31)28-22-9-5-4-8-21(22)26(32)27-19-11-13-20(33-2)14-12-19/h3-14,18H,15-16H2,1-2H3,(H,27,32)(H,28,31)/t18-/m0/s1. The number of rotatable bonds is 6. The molecule has 1 aliphatic rings. The molecule has 3 aromatic rings. The average molecular weight is 444 g/mol. The first kappa shape index (κ1) is 22.1. The molecule has 1 saturated heterocycles. The van der Waals surface area contributed by atoms with Crippen molar-refractivity contribution >= 4 is 34.8 Å². The number of carbonyl (C=O) groups is 3. The van der Waals surface area contributed by atoms with Gasteiger partial charge in [0.2, 0.25) is 11.8 Å². The van der Waals surface area contributed by atoms with Crippen molar-refractivity contribution in [2.24, 2.45) is 5.92 Å². The monoisotopic (exact) mass is 443 g/mol. The number of hydrogen-bond donors (Lipinski definition) is 2. The molecule has 2 N–H and O–H groups in total. The number of nitrogens with one attached hydrogen (secondary N) is 2. The minimum atomic E-state index is -0.505. The Labute approximate surface area is 192 Å². The summed E-state index contributed by atoms with van der Waals surface area (Å²) in [5, 5.41) is 5.67. The van der Waals surface area contributed by atoms with Crippen molar-refractivity contribution in [3.63, 3.8) is 0 Å². The van der Waals surface area contributed by atoms with Crippen LogP contribution in [0.15, 0.2) is 72.8 Å². The van der Waals surface area contributed by atoms with Crippen molar-refractivity contribution in [1.29, 1.82) is 0 Å². The van der Waals surface area contributed by atoms with Gasteiger partial charge in [-0.25, -0.2) is 0 Å². The first-order valence-electron chi connectivity index (χ1n) is 10.7. The van der Waals surface area contributed by atoms with Crippen LogP contribution in [0, 0.1) is 12.8 Å². The van der Waals surface area contributed by atoms with Crippen LogP contribution in [-0.4, -0.2) is 31.4 Å². The molecule has 1 atom stereocenters. The fourth-order valence-electron chi connectivity index (χ4n) is 3.88. The summed E-state index contributed by atoms with van der Waals surface area (Å²) in [5.74, 6) is -0.541. The molecule has 4 rings (SSSR count). The van der Waals surface area contributed by atoms with E-state index in [1.165, 1.54) is 0 Å². The molecule has 0 unspecified atom stereocenters. The largest absolute Gasteiger partial charge is 0.497 e. The second-order valence-electron chi connectivity index (χ2n) is 7.91. The van der Waals surface area contributed by atoms with Gasteiger partial charge in [-0.3, -0.25) is 14.4 Å². The van der Waals surface area contributed by atoms with Crippen molar-refractivity contribution in [3.05, 3.63) is 83.9 Å². The highest BCUT2D eigenvalue weighted by atomic mass is 16.5. The lowest BCUT2D eigenvalue weighted by Crippen LogP contribution is -2.29. The van der Waals surface area contributed by atoms with Crippen molar-refractivity contribution in [3.8, 4) is 5.75 Å². The Morgan fingerprint density at radius 1 is 0.939 bits per heavy atom. The molecule has 1 aliphatic heterocycles. The van der Waals surface area contributed by atoms with Crippen molar-refractivity contribution in [2.45, 2.75) is 13.3 Å². The van der Waals surface area contributed by atoms with Crippen LogP contribution in [0.5, 0.6) is 5.75 Å². The third-order valence-corrected chi connectivity index (χ3v) is 5.68. The Hall–Kier alpha value is -4.13. The minimum Gasteiger partial charge on any atom is -0.497 e. The first-order chi connectivity index (χ1) is 16.0. The molecule has 3 aromatic carbocycles. The maximum absolute atomic E-state index is 13.0. The van der Waals surface area contributed by atoms with Crippen LogP contribution in [-0.2, 0) is 9.59 Å². The summed E-state index contributed by atoms with van der Waals surface area (Å²) in [4.78, 5) is 40.1. The minimum absolute atomic E-state index is 0.0880. The maximum atomic E-state index is 13.0. The van der Waals surface area contributed by atoms with Crippen molar-refractivity contribution in [1.82, 2.24) is 0 Å². The van der Waals surface area contributed by atoms with Crippen LogP contribution in [0.4, 0.5) is 17.1 Å². The molecular weight excluding hydrogens is 418 g/mol. The Morgan fingerprint density at radius 3 is 2.36 bits per heavy atom. The number of methoxy groups -OCH3 is 1. The molecule has 0 saturated carbocycles. The smallest absolute Gasteiger partial charge is 0.257 e. The van der Waals surface area contributed by atoms with E-state index < -0.39 is 5.92 Å². The lowest BCUT2D eigenvalue weighted by Gasteiger charge is -2.19. The molecule has 7 heteroatoms. The zero-order chi connectivity index (χ0) is 23.4. The fraction of sp³-hybridized carbons (Fsp3) is 0.192. The third-order valence-electron chi connectivity index (χ3n) is 5.68. The summed E-state index contributed by atoms with van der Waals surface area (Å²) >= 11 is 0. The third kappa shape index (κ3) is 4.87. The van der Waals surface area contributed by atoms with E-state index in [1.807, 2.05) is 31.2 Å². The number of anilines is 3. The predicted octanol–water partition coefficient (Wildman–Crippen LogP) is 4.25. The van der Waals surface area contributed by atoms with Gasteiger partial charge in [-0.1, -0.05) is 30.3 Å². The number of benzene rings is 3. The van der Waals surface area contributed by atoms with Crippen LogP contribution in [0.2, 0.25) is 0 Å². The van der Waals surface area contributed by atoms with Gasteiger partial charge in [0.1, 0.15) is 5.75 Å². The molecule has 0 aromatic heterocycles. The predicted molar refractivity (Wildman–Crippen MR) is 128 cm³/mol. The molecule has 168 valence electrons. The van der Waals surface area contributed by atoms with Gasteiger partial charge in [-0.15, -0.1) is 0 Å². The number of hydrogen-bond acceptors (Lipinski definition) is 4. The number of carbonyl (C=O) groups excluding carboxylic acids is 3. The van der Waals surface area contributed by atoms with Gasteiger partial charge in [0, 0.05) is 24.3 Å². The van der Waals surface area contributed by atoms with E-state index in [0.29, 0.717) is 29.2 Å². The molecule has 0 bridgehead atoms. The number of nitrogens with zero attached hydrogens (tertiary/aromatic N) is 1. The molecule has 1 heterocycles. The lowest BCUT2D eigenvalue weighted by molar-refractivity contribution is -0.122. The van der Waals surface area contributed by atoms with Gasteiger partial charge in [-0.05, 0) is 55.0 Å². The molecule has 3 amide bonds. The summed E-state index contributed by atoms with van der Waals surface area (Å²) < 4.78 is 5.13. The van der Waals surface area contributed by atoms with E-state index >= 15 is 0 Å². The van der Waals surface area contributed by atoms with Gasteiger partial charge in [0.15, 0.2) is 0 Å². The molecular formula is C26H25N3O4. The Morgan fingerprint density at radius 2 is 1.64 bits per heavy atom. The number of amides is 3. The van der Waals surface area contributed by atoms with Gasteiger partial charge in [0.25, 0.3) is 5.91 Å². The van der Waals surface area contributed by atoms with Crippen LogP contribution in [0.3, 0.4) is 0 Å². The van der Waals surface area contributed by atoms with Gasteiger partial charge < -0.3 is 20.3 Å². The van der Waals surface area contributed by atoms with Crippen LogP contribution >= 0.6 is 0 Å². The molecule has 0 aliphatic carbocycles. The van der Waals surface area contributed by atoms with Gasteiger partial charge in [0.05, 0.1) is 24.3 Å². The van der Waals surface area contributed by atoms with E-state index in [4.69, 9.17) is 4.74 Å². The summed E-state index contributed by atoms with van der Waals surface area (Å²) in [6, 6.07) is 21.4. The van der Waals surface area contributed by atoms with Crippen LogP contribution in [0.1, 0.15) is 22.3 Å². The molecule has 1 fully saturated rings. The van der Waals surface area contributed by atoms with Crippen LogP contribution in [0.25, 0.3) is 0 Å². The molecule has 0 radical (unpaired) electrons. The summed E-state index contributed by atoms with van der Waals surface area (Å²) in [7, 11) is 1.57. The first-order valence-corrected chi connectivity index (χ1v) is 10.7. The SMILES string of the molecule is COc1ccc(NC(=O)c2ccccc2NC(=O)[C@H]2CC(=O)N(c3ccccc3C)C2)cc1. The lowest BCUT2D eigenvalue weighted by atomic mass is 10.1. The van der Waals surface area contributed by atoms with Gasteiger partial charge in [-0.2, -0.15) is 0 Å². The van der Waals surface area contributed by atoms with E-state index in [-0.39, 0.29) is 24.1 Å². The summed E-state index contributed by atoms with van der Waals surface area (Å²) in [5.41, 5.74) is 3.14. The molecule has 33 heavy (non-hydrogen) atoms. The number of para-hydroxylation sites is 2. The van der Waals surface area contributed by atoms with E-state index in [0.717, 1.165) is 11.3 Å². The van der Waals surface area contributed by atoms with E-state index in [2.05, 4.69) is 10.6 Å². The second-order valence-corrected chi connectivity index (χ2v) is 7.91. The average Bonchev–Trinajstić information content (AvgIpc) is 3.21. The highest BCUT2D eigenvalue weighted by molar-refractivity contribution is 6.11. The van der Waals surface area contributed by atoms with Crippen molar-refractivity contribution < 1.29 is 19.1 Å². The molecule has 7 nitrogen and oxygen atoms in total. The zero-order valence-electron chi connectivity index (χ0n) is 18.5. The topological polar surface area (TPSA) is 87.7 Å². The van der Waals surface area contributed by atoms with E-state index in [9.17, 15) is 14.4 Å².